The smallest absolute Gasteiger partial charge is 0.261 e. The lowest BCUT2D eigenvalue weighted by atomic mass is 10.2. The molecule has 170 valence electrons. The van der Waals surface area contributed by atoms with Crippen LogP contribution in [0.15, 0.2) is 34.8 Å². The number of carbonyl (C=O) groups is 2. The van der Waals surface area contributed by atoms with Crippen molar-refractivity contribution in [3.8, 4) is 11.5 Å². The number of anilines is 1. The summed E-state index contributed by atoms with van der Waals surface area (Å²) in [5.74, 6) is 0.676. The topological polar surface area (TPSA) is 124 Å². The summed E-state index contributed by atoms with van der Waals surface area (Å²) in [7, 11) is 2.96. The van der Waals surface area contributed by atoms with Gasteiger partial charge in [0.1, 0.15) is 12.6 Å². The van der Waals surface area contributed by atoms with E-state index < -0.39 is 17.5 Å². The van der Waals surface area contributed by atoms with Crippen LogP contribution >= 0.6 is 23.1 Å². The third kappa shape index (κ3) is 5.56. The number of nitrogens with zero attached hydrogens (tertiary/aromatic N) is 3. The lowest BCUT2D eigenvalue weighted by molar-refractivity contribution is -0.127. The van der Waals surface area contributed by atoms with E-state index >= 15 is 0 Å². The molecular formula is C20H23N5O5S2. The molecule has 12 heteroatoms. The number of fused-ring (bicyclic) bond motifs is 1. The second-order valence-electron chi connectivity index (χ2n) is 6.63. The number of aromatic nitrogens is 3. The Morgan fingerprint density at radius 1 is 1.22 bits per heavy atom. The first kappa shape index (κ1) is 23.5. The quantitative estimate of drug-likeness (QED) is 0.453. The molecule has 1 aromatic carbocycles. The Morgan fingerprint density at radius 2 is 1.97 bits per heavy atom. The van der Waals surface area contributed by atoms with Gasteiger partial charge in [-0.2, -0.15) is 11.8 Å². The van der Waals surface area contributed by atoms with E-state index in [-0.39, 0.29) is 12.5 Å². The van der Waals surface area contributed by atoms with Crippen molar-refractivity contribution in [2.24, 2.45) is 0 Å². The number of thiazole rings is 1. The molecule has 0 aliphatic carbocycles. The van der Waals surface area contributed by atoms with Gasteiger partial charge in [-0.25, -0.2) is 9.97 Å². The highest BCUT2D eigenvalue weighted by Crippen LogP contribution is 2.29. The minimum Gasteiger partial charge on any atom is -0.493 e. The molecule has 2 N–H and O–H groups in total. The summed E-state index contributed by atoms with van der Waals surface area (Å²) < 4.78 is 11.7. The van der Waals surface area contributed by atoms with Gasteiger partial charge in [-0.15, -0.1) is 11.3 Å². The molecular weight excluding hydrogens is 454 g/mol. The van der Waals surface area contributed by atoms with Gasteiger partial charge >= 0.3 is 0 Å². The predicted molar refractivity (Wildman–Crippen MR) is 125 cm³/mol. The molecule has 0 spiro atoms. The third-order valence-corrected chi connectivity index (χ3v) is 5.90. The molecule has 0 aliphatic rings. The molecule has 0 radical (unpaired) electrons. The van der Waals surface area contributed by atoms with E-state index in [1.165, 1.54) is 42.5 Å². The molecule has 10 nitrogen and oxygen atoms in total. The molecule has 2 amide bonds. The van der Waals surface area contributed by atoms with Crippen LogP contribution in [0.3, 0.4) is 0 Å². The van der Waals surface area contributed by atoms with Crippen molar-refractivity contribution >= 4 is 50.9 Å². The number of rotatable bonds is 10. The number of thioether (sulfide) groups is 1. The van der Waals surface area contributed by atoms with Crippen molar-refractivity contribution in [1.29, 1.82) is 0 Å². The van der Waals surface area contributed by atoms with E-state index in [1.807, 2.05) is 6.26 Å². The van der Waals surface area contributed by atoms with Gasteiger partial charge in [-0.1, -0.05) is 0 Å². The van der Waals surface area contributed by atoms with Crippen LogP contribution in [-0.2, 0) is 16.1 Å². The van der Waals surface area contributed by atoms with Crippen molar-refractivity contribution in [1.82, 2.24) is 19.9 Å². The third-order valence-electron chi connectivity index (χ3n) is 4.57. The maximum absolute atomic E-state index is 12.9. The maximum atomic E-state index is 12.9. The Hall–Kier alpha value is -3.12. The molecule has 3 aromatic rings. The summed E-state index contributed by atoms with van der Waals surface area (Å²) in [5, 5.41) is 7.90. The van der Waals surface area contributed by atoms with Crippen molar-refractivity contribution in [3.05, 3.63) is 40.4 Å². The number of ether oxygens (including phenoxy) is 2. The van der Waals surface area contributed by atoms with Crippen LogP contribution < -0.4 is 25.7 Å². The van der Waals surface area contributed by atoms with Crippen LogP contribution in [0, 0.1) is 0 Å². The van der Waals surface area contributed by atoms with E-state index in [0.717, 1.165) is 0 Å². The summed E-state index contributed by atoms with van der Waals surface area (Å²) in [6.45, 7) is -0.281. The van der Waals surface area contributed by atoms with Crippen LogP contribution in [0.5, 0.6) is 11.5 Å². The zero-order chi connectivity index (χ0) is 23.1. The molecule has 32 heavy (non-hydrogen) atoms. The lowest BCUT2D eigenvalue weighted by Crippen LogP contribution is -2.46. The zero-order valence-corrected chi connectivity index (χ0v) is 19.4. The van der Waals surface area contributed by atoms with Gasteiger partial charge in [0.05, 0.1) is 31.4 Å². The van der Waals surface area contributed by atoms with Crippen LogP contribution in [0.2, 0.25) is 0 Å². The highest BCUT2D eigenvalue weighted by atomic mass is 32.2. The van der Waals surface area contributed by atoms with Crippen molar-refractivity contribution < 1.29 is 19.1 Å². The van der Waals surface area contributed by atoms with Crippen LogP contribution in [-0.4, -0.2) is 58.6 Å². The molecule has 0 unspecified atom stereocenters. The van der Waals surface area contributed by atoms with E-state index in [0.29, 0.717) is 39.7 Å². The second-order valence-corrected chi connectivity index (χ2v) is 8.51. The number of amides is 2. The van der Waals surface area contributed by atoms with E-state index in [1.54, 1.807) is 29.4 Å². The molecule has 2 aromatic heterocycles. The van der Waals surface area contributed by atoms with Crippen molar-refractivity contribution in [3.63, 3.8) is 0 Å². The maximum Gasteiger partial charge on any atom is 0.261 e. The number of methoxy groups -OCH3 is 2. The summed E-state index contributed by atoms with van der Waals surface area (Å²) in [5.41, 5.74) is 0.0176. The van der Waals surface area contributed by atoms with Gasteiger partial charge < -0.3 is 20.1 Å². The number of benzene rings is 1. The van der Waals surface area contributed by atoms with Gasteiger partial charge in [-0.3, -0.25) is 19.0 Å². The minimum atomic E-state index is -0.757. The Morgan fingerprint density at radius 3 is 2.62 bits per heavy atom. The molecule has 0 bridgehead atoms. The van der Waals surface area contributed by atoms with Gasteiger partial charge in [0.15, 0.2) is 16.6 Å². The van der Waals surface area contributed by atoms with Gasteiger partial charge in [0.25, 0.3) is 5.56 Å². The van der Waals surface area contributed by atoms with Crippen molar-refractivity contribution in [2.75, 3.05) is 31.5 Å². The molecule has 0 fully saturated rings. The number of hydrogen-bond donors (Lipinski definition) is 2. The molecule has 2 heterocycles. The summed E-state index contributed by atoms with van der Waals surface area (Å²) in [4.78, 5) is 46.4. The molecule has 0 saturated heterocycles. The van der Waals surface area contributed by atoms with Crippen LogP contribution in [0.25, 0.3) is 10.9 Å². The first-order chi connectivity index (χ1) is 15.5. The zero-order valence-electron chi connectivity index (χ0n) is 17.8. The number of nitrogens with one attached hydrogen (secondary N) is 2. The largest absolute Gasteiger partial charge is 0.493 e. The highest BCUT2D eigenvalue weighted by molar-refractivity contribution is 7.98. The molecule has 3 rings (SSSR count). The standard InChI is InChI=1S/C20H23N5O5S2/c1-29-15-8-12-14(9-16(15)30-2)22-11-25(19(12)28)10-17(26)23-13(4-6-31-3)18(27)24-20-21-5-7-32-20/h5,7-9,11,13H,4,6,10H2,1-3H3,(H,23,26)(H,21,24,27)/t13-/m0/s1. The first-order valence-corrected chi connectivity index (χ1v) is 11.8. The normalized spacial score (nSPS) is 11.7. The Balaban J connectivity index is 1.77. The van der Waals surface area contributed by atoms with Crippen molar-refractivity contribution in [2.45, 2.75) is 19.0 Å². The predicted octanol–water partition coefficient (Wildman–Crippen LogP) is 1.75. The van der Waals surface area contributed by atoms with E-state index in [4.69, 9.17) is 9.47 Å². The molecule has 0 saturated carbocycles. The average Bonchev–Trinajstić information content (AvgIpc) is 3.30. The first-order valence-electron chi connectivity index (χ1n) is 9.56. The molecule has 0 aliphatic heterocycles. The SMILES string of the molecule is COc1cc2ncn(CC(=O)N[C@@H](CCSC)C(=O)Nc3nccs3)c(=O)c2cc1OC. The second kappa shape index (κ2) is 11.0. The Labute approximate surface area is 192 Å². The Bertz CT molecular complexity index is 1150. The average molecular weight is 478 g/mol. The van der Waals surface area contributed by atoms with Gasteiger partial charge in [0, 0.05) is 17.6 Å². The van der Waals surface area contributed by atoms with Gasteiger partial charge in [-0.05, 0) is 24.5 Å². The Kier molecular flexibility index (Phi) is 8.06. The van der Waals surface area contributed by atoms with Crippen LogP contribution in [0.1, 0.15) is 6.42 Å². The fraction of sp³-hybridized carbons (Fsp3) is 0.350. The van der Waals surface area contributed by atoms with Crippen LogP contribution in [0.4, 0.5) is 5.13 Å². The lowest BCUT2D eigenvalue weighted by Gasteiger charge is -2.18. The number of hydrogen-bond acceptors (Lipinski definition) is 9. The van der Waals surface area contributed by atoms with E-state index in [9.17, 15) is 14.4 Å². The monoisotopic (exact) mass is 477 g/mol. The fourth-order valence-electron chi connectivity index (χ4n) is 2.97. The van der Waals surface area contributed by atoms with Gasteiger partial charge in [0.2, 0.25) is 11.8 Å². The summed E-state index contributed by atoms with van der Waals surface area (Å²) in [6.07, 6.45) is 5.23. The summed E-state index contributed by atoms with van der Waals surface area (Å²) in [6, 6.07) is 2.37. The minimum absolute atomic E-state index is 0.281. The van der Waals surface area contributed by atoms with E-state index in [2.05, 4.69) is 20.6 Å². The number of carbonyl (C=O) groups excluding carboxylic acids is 2. The summed E-state index contributed by atoms with van der Waals surface area (Å²) >= 11 is 2.85. The highest BCUT2D eigenvalue weighted by Gasteiger charge is 2.22. The fourth-order valence-corrected chi connectivity index (χ4v) is 3.98. The molecule has 1 atom stereocenters.